The molecule has 1 aliphatic carbocycles. The maximum atomic E-state index is 12.1. The van der Waals surface area contributed by atoms with E-state index < -0.39 is 39.5 Å². The van der Waals surface area contributed by atoms with Crippen molar-refractivity contribution in [3.63, 3.8) is 0 Å². The highest BCUT2D eigenvalue weighted by Crippen LogP contribution is 2.40. The highest BCUT2D eigenvalue weighted by molar-refractivity contribution is 7.79. The lowest BCUT2D eigenvalue weighted by atomic mass is 9.90. The summed E-state index contributed by atoms with van der Waals surface area (Å²) in [7, 11) is 0. The average Bonchev–Trinajstić information content (AvgIpc) is 2.78. The van der Waals surface area contributed by atoms with Crippen molar-refractivity contribution >= 4 is 17.0 Å². The first-order valence-corrected chi connectivity index (χ1v) is 8.10. The summed E-state index contributed by atoms with van der Waals surface area (Å²) >= 11 is -2.19. The first kappa shape index (κ1) is 16.6. The van der Waals surface area contributed by atoms with Crippen molar-refractivity contribution in [1.82, 2.24) is 0 Å². The zero-order valence-corrected chi connectivity index (χ0v) is 12.8. The van der Waals surface area contributed by atoms with Gasteiger partial charge >= 0.3 is 5.97 Å². The van der Waals surface area contributed by atoms with Crippen molar-refractivity contribution < 1.29 is 23.2 Å². The predicted octanol–water partition coefficient (Wildman–Crippen LogP) is 1.88. The van der Waals surface area contributed by atoms with Crippen LogP contribution < -0.4 is 0 Å². The van der Waals surface area contributed by atoms with Gasteiger partial charge in [0.05, 0.1) is 17.2 Å². The van der Waals surface area contributed by atoms with Crippen LogP contribution in [0.4, 0.5) is 0 Å². The Bertz CT molecular complexity index is 592. The van der Waals surface area contributed by atoms with E-state index in [1.165, 1.54) is 6.92 Å². The van der Waals surface area contributed by atoms with Crippen molar-refractivity contribution in [2.24, 2.45) is 5.92 Å². The van der Waals surface area contributed by atoms with E-state index in [0.717, 1.165) is 0 Å². The van der Waals surface area contributed by atoms with Gasteiger partial charge in [0.1, 0.15) is 6.10 Å². The van der Waals surface area contributed by atoms with Gasteiger partial charge in [-0.1, -0.05) is 18.2 Å². The van der Waals surface area contributed by atoms with Crippen LogP contribution in [0.3, 0.4) is 0 Å². The Morgan fingerprint density at radius 2 is 2.14 bits per heavy atom. The van der Waals surface area contributed by atoms with E-state index in [9.17, 15) is 19.1 Å². The van der Waals surface area contributed by atoms with Gasteiger partial charge in [0, 0.05) is 18.3 Å². The number of hydrogen-bond donors (Lipinski definition) is 1. The number of hydrogen-bond acceptors (Lipinski definition) is 5. The van der Waals surface area contributed by atoms with Crippen molar-refractivity contribution in [2.45, 2.75) is 31.4 Å². The minimum atomic E-state index is -2.19. The van der Waals surface area contributed by atoms with Crippen LogP contribution in [0.2, 0.25) is 0 Å². The third-order valence-electron chi connectivity index (χ3n) is 4.19. The summed E-state index contributed by atoms with van der Waals surface area (Å²) in [4.78, 5) is 22.9. The van der Waals surface area contributed by atoms with Gasteiger partial charge in [-0.3, -0.25) is 10.1 Å². The Labute approximate surface area is 130 Å². The van der Waals surface area contributed by atoms with Gasteiger partial charge in [-0.2, -0.15) is 0 Å². The van der Waals surface area contributed by atoms with Gasteiger partial charge in [-0.15, -0.1) is 0 Å². The van der Waals surface area contributed by atoms with E-state index in [1.54, 1.807) is 30.3 Å². The number of rotatable bonds is 5. The molecule has 1 fully saturated rings. The second-order valence-corrected chi connectivity index (χ2v) is 6.53. The van der Waals surface area contributed by atoms with E-state index in [4.69, 9.17) is 9.29 Å². The molecule has 2 rings (SSSR count). The molecule has 0 aromatic heterocycles. The maximum absolute atomic E-state index is 12.1. The largest absolute Gasteiger partial charge is 0.458 e. The lowest BCUT2D eigenvalue weighted by molar-refractivity contribution is -0.572. The topological polar surface area (TPSA) is 107 Å². The van der Waals surface area contributed by atoms with Crippen LogP contribution in [-0.4, -0.2) is 37.1 Å². The molecular weight excluding hydrogens is 310 g/mol. The Morgan fingerprint density at radius 3 is 2.68 bits per heavy atom. The quantitative estimate of drug-likeness (QED) is 0.383. The summed E-state index contributed by atoms with van der Waals surface area (Å²) in [5, 5.41) is 11.3. The molecular formula is C14H17NO6S. The zero-order chi connectivity index (χ0) is 16.3. The molecule has 0 radical (unpaired) electrons. The van der Waals surface area contributed by atoms with Crippen molar-refractivity contribution in [3.05, 3.63) is 46.0 Å². The average molecular weight is 327 g/mol. The molecule has 1 saturated carbocycles. The number of benzene rings is 1. The molecule has 4 atom stereocenters. The van der Waals surface area contributed by atoms with Crippen LogP contribution in [0.1, 0.15) is 30.1 Å². The normalized spacial score (nSPS) is 29.0. The Balaban J connectivity index is 2.17. The molecule has 1 aliphatic rings. The van der Waals surface area contributed by atoms with Crippen LogP contribution in [-0.2, 0) is 15.8 Å². The standard InChI is InChI=1S/C14H17NO6S/c1-14(15(17)18)8-7-12(11(14)9-22(19)20)21-13(16)10-5-3-2-4-6-10/h2-6,11-12H,7-9H2,1H3,(H,19,20). The van der Waals surface area contributed by atoms with Crippen LogP contribution in [0.5, 0.6) is 0 Å². The molecule has 0 spiro atoms. The van der Waals surface area contributed by atoms with E-state index in [1.807, 2.05) is 0 Å². The van der Waals surface area contributed by atoms with Gasteiger partial charge in [0.25, 0.3) is 0 Å². The highest BCUT2D eigenvalue weighted by atomic mass is 32.2. The molecule has 0 aliphatic heterocycles. The van der Waals surface area contributed by atoms with E-state index in [2.05, 4.69) is 0 Å². The molecule has 0 saturated heterocycles. The number of ether oxygens (including phenoxy) is 1. The summed E-state index contributed by atoms with van der Waals surface area (Å²) in [5.74, 6) is -1.66. The van der Waals surface area contributed by atoms with Crippen LogP contribution in [0.25, 0.3) is 0 Å². The summed E-state index contributed by atoms with van der Waals surface area (Å²) in [6.45, 7) is 1.43. The molecule has 120 valence electrons. The fourth-order valence-electron chi connectivity index (χ4n) is 2.81. The Morgan fingerprint density at radius 1 is 1.50 bits per heavy atom. The lowest BCUT2D eigenvalue weighted by Crippen LogP contribution is -2.45. The third kappa shape index (κ3) is 3.33. The lowest BCUT2D eigenvalue weighted by Gasteiger charge is -2.25. The second-order valence-electron chi connectivity index (χ2n) is 5.56. The predicted molar refractivity (Wildman–Crippen MR) is 79.4 cm³/mol. The first-order valence-electron chi connectivity index (χ1n) is 6.82. The molecule has 7 nitrogen and oxygen atoms in total. The monoisotopic (exact) mass is 327 g/mol. The number of carbonyl (C=O) groups excluding carboxylic acids is 1. The minimum Gasteiger partial charge on any atom is -0.458 e. The number of nitrogens with zero attached hydrogens (tertiary/aromatic N) is 1. The van der Waals surface area contributed by atoms with Gasteiger partial charge in [0.15, 0.2) is 11.1 Å². The number of carbonyl (C=O) groups is 1. The van der Waals surface area contributed by atoms with Gasteiger partial charge in [-0.05, 0) is 18.6 Å². The summed E-state index contributed by atoms with van der Waals surface area (Å²) in [5.41, 5.74) is -1.01. The molecule has 0 amide bonds. The Hall–Kier alpha value is -1.80. The minimum absolute atomic E-state index is 0.203. The zero-order valence-electron chi connectivity index (χ0n) is 12.0. The molecule has 0 bridgehead atoms. The smallest absolute Gasteiger partial charge is 0.338 e. The van der Waals surface area contributed by atoms with E-state index >= 15 is 0 Å². The van der Waals surface area contributed by atoms with Gasteiger partial charge < -0.3 is 9.29 Å². The van der Waals surface area contributed by atoms with Crippen molar-refractivity contribution in [1.29, 1.82) is 0 Å². The third-order valence-corrected chi connectivity index (χ3v) is 4.83. The number of nitro groups is 1. The number of esters is 1. The van der Waals surface area contributed by atoms with Gasteiger partial charge in [0.2, 0.25) is 5.54 Å². The molecule has 22 heavy (non-hydrogen) atoms. The van der Waals surface area contributed by atoms with Crippen molar-refractivity contribution in [2.75, 3.05) is 5.75 Å². The SMILES string of the molecule is CC1([N+](=O)[O-])CCC(OC(=O)c2ccccc2)C1CS(=O)O. The molecule has 0 heterocycles. The molecule has 1 aromatic rings. The molecule has 1 aromatic carbocycles. The molecule has 4 unspecified atom stereocenters. The van der Waals surface area contributed by atoms with Gasteiger partial charge in [-0.25, -0.2) is 9.00 Å². The van der Waals surface area contributed by atoms with Crippen molar-refractivity contribution in [3.8, 4) is 0 Å². The van der Waals surface area contributed by atoms with E-state index in [0.29, 0.717) is 12.0 Å². The fourth-order valence-corrected chi connectivity index (χ4v) is 3.69. The fraction of sp³-hybridized carbons (Fsp3) is 0.500. The second kappa shape index (κ2) is 6.53. The maximum Gasteiger partial charge on any atom is 0.338 e. The summed E-state index contributed by atoms with van der Waals surface area (Å²) in [6.07, 6.45) is -0.230. The van der Waals surface area contributed by atoms with Crippen LogP contribution in [0.15, 0.2) is 30.3 Å². The van der Waals surface area contributed by atoms with E-state index in [-0.39, 0.29) is 12.2 Å². The highest BCUT2D eigenvalue weighted by Gasteiger charge is 2.56. The Kier molecular flexibility index (Phi) is 4.92. The summed E-state index contributed by atoms with van der Waals surface area (Å²) in [6, 6.07) is 8.31. The molecule has 8 heteroatoms. The first-order chi connectivity index (χ1) is 10.3. The summed E-state index contributed by atoms with van der Waals surface area (Å²) < 4.78 is 25.6. The molecule has 1 N–H and O–H groups in total. The van der Waals surface area contributed by atoms with Crippen LogP contribution in [0, 0.1) is 16.0 Å². The van der Waals surface area contributed by atoms with Crippen LogP contribution >= 0.6 is 0 Å².